The fourth-order valence-electron chi connectivity index (χ4n) is 0.751. The average Bonchev–Trinajstić information content (AvgIpc) is 2.59. The minimum absolute atomic E-state index is 0.168. The molecule has 1 atom stereocenters. The molecule has 1 aromatic heterocycles. The zero-order valence-corrected chi connectivity index (χ0v) is 9.71. The van der Waals surface area contributed by atoms with Crippen molar-refractivity contribution in [3.8, 4) is 6.07 Å². The number of aliphatic hydroxyl groups is 1. The van der Waals surface area contributed by atoms with Gasteiger partial charge in [0.15, 0.2) is 5.03 Å². The molecule has 1 heterocycles. The molecule has 0 amide bonds. The van der Waals surface area contributed by atoms with Crippen LogP contribution in [-0.4, -0.2) is 27.3 Å². The van der Waals surface area contributed by atoms with Crippen LogP contribution in [0, 0.1) is 16.7 Å². The van der Waals surface area contributed by atoms with E-state index in [0.717, 1.165) is 0 Å². The molecule has 1 aromatic rings. The highest BCUT2D eigenvalue weighted by Gasteiger charge is 2.23. The van der Waals surface area contributed by atoms with Gasteiger partial charge in [-0.2, -0.15) is 5.26 Å². The second-order valence-corrected chi connectivity index (χ2v) is 5.23. The maximum absolute atomic E-state index is 9.77. The summed E-state index contributed by atoms with van der Waals surface area (Å²) in [6.45, 7) is 5.85. The Bertz CT molecular complexity index is 364. The summed E-state index contributed by atoms with van der Waals surface area (Å²) in [5.74, 6) is 0.465. The molecular formula is C9H13N3O2S. The highest BCUT2D eigenvalue weighted by molar-refractivity contribution is 7.99. The highest BCUT2D eigenvalue weighted by Crippen LogP contribution is 2.26. The summed E-state index contributed by atoms with van der Waals surface area (Å²) in [5, 5.41) is 25.9. The quantitative estimate of drug-likeness (QED) is 0.787. The largest absolute Gasteiger partial charge is 0.392 e. The summed E-state index contributed by atoms with van der Waals surface area (Å²) in [7, 11) is 0. The van der Waals surface area contributed by atoms with E-state index in [4.69, 9.17) is 5.26 Å². The maximum atomic E-state index is 9.77. The van der Waals surface area contributed by atoms with Crippen LogP contribution in [-0.2, 0) is 0 Å². The van der Waals surface area contributed by atoms with Crippen molar-refractivity contribution >= 4 is 11.8 Å². The topological polar surface area (TPSA) is 82.9 Å². The average molecular weight is 227 g/mol. The van der Waals surface area contributed by atoms with Crippen molar-refractivity contribution in [3.63, 3.8) is 0 Å². The summed E-state index contributed by atoms with van der Waals surface area (Å²) in [4.78, 5) is 0. The molecule has 0 aliphatic heterocycles. The van der Waals surface area contributed by atoms with Crippen LogP contribution in [0.4, 0.5) is 0 Å². The Labute approximate surface area is 92.4 Å². The zero-order chi connectivity index (χ0) is 11.5. The van der Waals surface area contributed by atoms with E-state index in [1.807, 2.05) is 26.8 Å². The Morgan fingerprint density at radius 3 is 2.73 bits per heavy atom. The van der Waals surface area contributed by atoms with Gasteiger partial charge in [-0.15, -0.1) is 0 Å². The van der Waals surface area contributed by atoms with Crippen molar-refractivity contribution in [2.45, 2.75) is 31.9 Å². The van der Waals surface area contributed by atoms with E-state index < -0.39 is 6.10 Å². The van der Waals surface area contributed by atoms with Crippen LogP contribution >= 0.6 is 11.8 Å². The van der Waals surface area contributed by atoms with Gasteiger partial charge in [0.05, 0.1) is 6.10 Å². The van der Waals surface area contributed by atoms with E-state index in [1.165, 1.54) is 11.8 Å². The molecule has 0 aromatic carbocycles. The molecule has 0 bridgehead atoms. The Balaban J connectivity index is 2.55. The Hall–Kier alpha value is -1.06. The Kier molecular flexibility index (Phi) is 3.72. The fourth-order valence-corrected chi connectivity index (χ4v) is 1.87. The third-order valence-electron chi connectivity index (χ3n) is 1.94. The summed E-state index contributed by atoms with van der Waals surface area (Å²) in [5.41, 5.74) is -0.0159. The molecule has 0 saturated heterocycles. The number of nitrogens with zero attached hydrogens (tertiary/aromatic N) is 3. The molecular weight excluding hydrogens is 214 g/mol. The second kappa shape index (κ2) is 4.64. The molecule has 6 heteroatoms. The lowest BCUT2D eigenvalue weighted by Crippen LogP contribution is -2.28. The van der Waals surface area contributed by atoms with Crippen LogP contribution in [0.5, 0.6) is 0 Å². The molecule has 1 unspecified atom stereocenters. The van der Waals surface area contributed by atoms with Gasteiger partial charge in [-0.05, 0) is 15.7 Å². The van der Waals surface area contributed by atoms with Crippen molar-refractivity contribution in [2.75, 3.05) is 5.75 Å². The molecule has 0 aliphatic rings. The van der Waals surface area contributed by atoms with Crippen molar-refractivity contribution in [1.82, 2.24) is 10.3 Å². The van der Waals surface area contributed by atoms with Crippen LogP contribution in [0.2, 0.25) is 0 Å². The summed E-state index contributed by atoms with van der Waals surface area (Å²) >= 11 is 1.27. The minimum Gasteiger partial charge on any atom is -0.392 e. The van der Waals surface area contributed by atoms with Gasteiger partial charge in [0.1, 0.15) is 6.07 Å². The first-order chi connectivity index (χ1) is 6.95. The first-order valence-corrected chi connectivity index (χ1v) is 5.47. The monoisotopic (exact) mass is 227 g/mol. The van der Waals surface area contributed by atoms with E-state index in [9.17, 15) is 5.11 Å². The first kappa shape index (κ1) is 12.0. The van der Waals surface area contributed by atoms with E-state index in [1.54, 1.807) is 0 Å². The third-order valence-corrected chi connectivity index (χ3v) is 2.97. The lowest BCUT2D eigenvalue weighted by Gasteiger charge is -2.24. The summed E-state index contributed by atoms with van der Waals surface area (Å²) in [6.07, 6.45) is -0.467. The normalized spacial score (nSPS) is 13.5. The molecule has 0 aliphatic carbocycles. The number of thioether (sulfide) groups is 1. The fraction of sp³-hybridized carbons (Fsp3) is 0.667. The van der Waals surface area contributed by atoms with E-state index in [2.05, 4.69) is 14.9 Å². The van der Waals surface area contributed by atoms with Gasteiger partial charge in [0.2, 0.25) is 5.69 Å². The molecule has 82 valence electrons. The zero-order valence-electron chi connectivity index (χ0n) is 8.89. The van der Waals surface area contributed by atoms with Gasteiger partial charge in [0, 0.05) is 5.75 Å². The lowest BCUT2D eigenvalue weighted by molar-refractivity contribution is 0.0842. The summed E-state index contributed by atoms with van der Waals surface area (Å²) in [6, 6.07) is 1.87. The number of hydrogen-bond donors (Lipinski definition) is 1. The van der Waals surface area contributed by atoms with Crippen molar-refractivity contribution in [1.29, 1.82) is 5.26 Å². The predicted molar refractivity (Wildman–Crippen MR) is 55.2 cm³/mol. The number of hydrogen-bond acceptors (Lipinski definition) is 6. The lowest BCUT2D eigenvalue weighted by atomic mass is 9.90. The Morgan fingerprint density at radius 2 is 2.20 bits per heavy atom. The molecule has 0 fully saturated rings. The Morgan fingerprint density at radius 1 is 1.53 bits per heavy atom. The van der Waals surface area contributed by atoms with Crippen LogP contribution in [0.3, 0.4) is 0 Å². The maximum Gasteiger partial charge on any atom is 0.218 e. The number of rotatable bonds is 3. The van der Waals surface area contributed by atoms with Crippen LogP contribution in [0.25, 0.3) is 0 Å². The van der Waals surface area contributed by atoms with Gasteiger partial charge < -0.3 is 5.11 Å². The van der Waals surface area contributed by atoms with E-state index in [0.29, 0.717) is 10.8 Å². The minimum atomic E-state index is -0.467. The van der Waals surface area contributed by atoms with Crippen LogP contribution in [0.1, 0.15) is 26.5 Å². The summed E-state index contributed by atoms with van der Waals surface area (Å²) < 4.78 is 4.43. The second-order valence-electron chi connectivity index (χ2n) is 4.22. The van der Waals surface area contributed by atoms with Crippen LogP contribution < -0.4 is 0 Å². The van der Waals surface area contributed by atoms with Crippen molar-refractivity contribution in [3.05, 3.63) is 5.69 Å². The van der Waals surface area contributed by atoms with Crippen molar-refractivity contribution < 1.29 is 9.74 Å². The number of nitriles is 1. The van der Waals surface area contributed by atoms with Gasteiger partial charge in [-0.1, -0.05) is 32.5 Å². The molecule has 1 N–H and O–H groups in total. The number of aliphatic hydroxyl groups excluding tert-OH is 1. The SMILES string of the molecule is CC(C)(C)C(O)CSc1nonc1C#N. The molecule has 15 heavy (non-hydrogen) atoms. The molecule has 5 nitrogen and oxygen atoms in total. The number of aromatic nitrogens is 2. The van der Waals surface area contributed by atoms with E-state index in [-0.39, 0.29) is 11.1 Å². The first-order valence-electron chi connectivity index (χ1n) is 4.48. The van der Waals surface area contributed by atoms with Crippen LogP contribution in [0.15, 0.2) is 9.65 Å². The molecule has 0 radical (unpaired) electrons. The van der Waals surface area contributed by atoms with Gasteiger partial charge in [-0.25, -0.2) is 4.63 Å². The predicted octanol–water partition coefficient (Wildman–Crippen LogP) is 1.44. The van der Waals surface area contributed by atoms with Gasteiger partial charge in [-0.3, -0.25) is 0 Å². The van der Waals surface area contributed by atoms with Gasteiger partial charge in [0.25, 0.3) is 0 Å². The smallest absolute Gasteiger partial charge is 0.218 e. The van der Waals surface area contributed by atoms with Gasteiger partial charge >= 0.3 is 0 Å². The molecule has 0 saturated carbocycles. The molecule has 1 rings (SSSR count). The van der Waals surface area contributed by atoms with E-state index >= 15 is 0 Å². The molecule has 0 spiro atoms. The standard InChI is InChI=1S/C9H13N3O2S/c1-9(2,3)7(13)5-15-8-6(4-10)11-14-12-8/h7,13H,5H2,1-3H3. The third kappa shape index (κ3) is 3.22. The highest BCUT2D eigenvalue weighted by atomic mass is 32.2. The van der Waals surface area contributed by atoms with Crippen molar-refractivity contribution in [2.24, 2.45) is 5.41 Å².